The van der Waals surface area contributed by atoms with Crippen LogP contribution in [0.15, 0.2) is 48.8 Å². The molecule has 1 fully saturated rings. The Morgan fingerprint density at radius 1 is 1.03 bits per heavy atom. The van der Waals surface area contributed by atoms with Crippen LogP contribution >= 0.6 is 0 Å². The average molecular weight is 563 g/mol. The molecule has 1 aromatic carbocycles. The average Bonchev–Trinajstić information content (AvgIpc) is 3.31. The van der Waals surface area contributed by atoms with Crippen molar-refractivity contribution in [2.75, 3.05) is 29.8 Å². The molecule has 2 N–H and O–H groups in total. The molecule has 0 bridgehead atoms. The summed E-state index contributed by atoms with van der Waals surface area (Å²) >= 11 is 0. The first-order valence-corrected chi connectivity index (χ1v) is 13.0. The van der Waals surface area contributed by atoms with Crippen molar-refractivity contribution in [3.05, 3.63) is 66.2 Å². The standard InChI is InChI=1S/C23H21F3N8O4S/c1-38-19-7-3-6-18(29-19)21-30-31-23(34(21)20-16(25)4-2-5-17(20)26)32-39(36,37)15-8-14(35)11-33(12-15)22-27-9-13(24)10-28-22/h2-7,9-10,14-15,35H,8,11-12H2,1H3,(H,31,32)/t14-,15+/m0/s1. The lowest BCUT2D eigenvalue weighted by Gasteiger charge is -2.35. The molecule has 0 spiro atoms. The maximum atomic E-state index is 14.9. The molecule has 0 saturated carbocycles. The Hall–Kier alpha value is -4.31. The summed E-state index contributed by atoms with van der Waals surface area (Å²) in [6.45, 7) is -0.148. The lowest BCUT2D eigenvalue weighted by molar-refractivity contribution is 0.154. The smallest absolute Gasteiger partial charge is 0.243 e. The van der Waals surface area contributed by atoms with Crippen LogP contribution in [0.1, 0.15) is 6.42 Å². The number of piperidine rings is 1. The number of nitrogens with one attached hydrogen (secondary N) is 1. The van der Waals surface area contributed by atoms with Crippen molar-refractivity contribution < 1.29 is 31.4 Å². The summed E-state index contributed by atoms with van der Waals surface area (Å²) in [7, 11) is -2.97. The summed E-state index contributed by atoms with van der Waals surface area (Å²) < 4.78 is 78.3. The van der Waals surface area contributed by atoms with E-state index in [1.54, 1.807) is 12.1 Å². The minimum atomic E-state index is -4.35. The van der Waals surface area contributed by atoms with E-state index < -0.39 is 50.5 Å². The molecule has 0 unspecified atom stereocenters. The first kappa shape index (κ1) is 26.3. The highest BCUT2D eigenvalue weighted by atomic mass is 32.2. The fourth-order valence-electron chi connectivity index (χ4n) is 4.18. The van der Waals surface area contributed by atoms with E-state index in [2.05, 4.69) is 29.9 Å². The molecule has 1 aliphatic heterocycles. The largest absolute Gasteiger partial charge is 0.481 e. The van der Waals surface area contributed by atoms with Crippen LogP contribution in [0.3, 0.4) is 0 Å². The molecule has 0 amide bonds. The van der Waals surface area contributed by atoms with E-state index in [-0.39, 0.29) is 42.9 Å². The number of hydrogen-bond acceptors (Lipinski definition) is 10. The highest BCUT2D eigenvalue weighted by Crippen LogP contribution is 2.30. The monoisotopic (exact) mass is 562 g/mol. The number of nitrogens with zero attached hydrogens (tertiary/aromatic N) is 7. The van der Waals surface area contributed by atoms with Crippen molar-refractivity contribution in [2.24, 2.45) is 0 Å². The Bertz CT molecular complexity index is 1580. The first-order valence-electron chi connectivity index (χ1n) is 11.5. The van der Waals surface area contributed by atoms with Gasteiger partial charge < -0.3 is 14.7 Å². The lowest BCUT2D eigenvalue weighted by Crippen LogP contribution is -2.50. The Morgan fingerprint density at radius 3 is 2.41 bits per heavy atom. The van der Waals surface area contributed by atoms with Gasteiger partial charge in [0.1, 0.15) is 28.3 Å². The number of aromatic nitrogens is 6. The molecule has 5 rings (SSSR count). The molecule has 2 atom stereocenters. The second-order valence-corrected chi connectivity index (χ2v) is 10.5. The van der Waals surface area contributed by atoms with Crippen molar-refractivity contribution in [2.45, 2.75) is 17.8 Å². The van der Waals surface area contributed by atoms with Crippen LogP contribution < -0.4 is 14.4 Å². The highest BCUT2D eigenvalue weighted by molar-refractivity contribution is 7.93. The number of methoxy groups -OCH3 is 1. The molecule has 1 saturated heterocycles. The first-order chi connectivity index (χ1) is 18.7. The van der Waals surface area contributed by atoms with Crippen LogP contribution in [0.5, 0.6) is 5.88 Å². The minimum Gasteiger partial charge on any atom is -0.481 e. The zero-order valence-electron chi connectivity index (χ0n) is 20.2. The summed E-state index contributed by atoms with van der Waals surface area (Å²) in [6.07, 6.45) is 0.585. The van der Waals surface area contributed by atoms with E-state index in [4.69, 9.17) is 4.74 Å². The molecule has 12 nitrogen and oxygen atoms in total. The van der Waals surface area contributed by atoms with Crippen LogP contribution in [0.4, 0.5) is 25.1 Å². The van der Waals surface area contributed by atoms with E-state index in [1.807, 2.05) is 0 Å². The lowest BCUT2D eigenvalue weighted by atomic mass is 10.1. The van der Waals surface area contributed by atoms with Gasteiger partial charge in [-0.2, -0.15) is 0 Å². The summed E-state index contributed by atoms with van der Waals surface area (Å²) in [5, 5.41) is 17.0. The number of β-amino-alcohol motifs (C(OH)–C–C–N with tert-alkyl or cyclic N) is 1. The van der Waals surface area contributed by atoms with E-state index >= 15 is 0 Å². The van der Waals surface area contributed by atoms with Crippen molar-refractivity contribution in [1.82, 2.24) is 29.7 Å². The van der Waals surface area contributed by atoms with Gasteiger partial charge >= 0.3 is 0 Å². The van der Waals surface area contributed by atoms with Crippen LogP contribution in [0, 0.1) is 17.5 Å². The molecule has 4 heterocycles. The van der Waals surface area contributed by atoms with Gasteiger partial charge in [-0.15, -0.1) is 10.2 Å². The SMILES string of the molecule is COc1cccc(-c2nnc(NS(=O)(=O)[C@@H]3C[C@H](O)CN(c4ncc(F)cn4)C3)n2-c2c(F)cccc2F)n1. The van der Waals surface area contributed by atoms with Crippen LogP contribution in [0.2, 0.25) is 0 Å². The topological polar surface area (TPSA) is 148 Å². The molecular weight excluding hydrogens is 541 g/mol. The van der Waals surface area contributed by atoms with Gasteiger partial charge in [0.25, 0.3) is 0 Å². The number of anilines is 2. The van der Waals surface area contributed by atoms with Crippen LogP contribution in [-0.2, 0) is 10.0 Å². The number of hydrogen-bond donors (Lipinski definition) is 2. The van der Waals surface area contributed by atoms with Crippen molar-refractivity contribution in [3.63, 3.8) is 0 Å². The summed E-state index contributed by atoms with van der Waals surface area (Å²) in [4.78, 5) is 13.3. The van der Waals surface area contributed by atoms with Crippen LogP contribution in [0.25, 0.3) is 17.2 Å². The van der Waals surface area contributed by atoms with Crippen molar-refractivity contribution >= 4 is 21.9 Å². The number of benzene rings is 1. The molecule has 0 aliphatic carbocycles. The fourth-order valence-corrected chi connectivity index (χ4v) is 5.58. The maximum absolute atomic E-state index is 14.9. The third-order valence-corrected chi connectivity index (χ3v) is 7.62. The Morgan fingerprint density at radius 2 is 1.72 bits per heavy atom. The second kappa shape index (κ2) is 10.5. The van der Waals surface area contributed by atoms with Crippen LogP contribution in [-0.4, -0.2) is 74.8 Å². The quantitative estimate of drug-likeness (QED) is 0.342. The Balaban J connectivity index is 1.54. The van der Waals surface area contributed by atoms with Gasteiger partial charge in [0.05, 0.1) is 25.6 Å². The molecule has 204 valence electrons. The molecule has 1 aliphatic rings. The molecule has 3 aromatic heterocycles. The van der Waals surface area contributed by atoms with Gasteiger partial charge in [0.15, 0.2) is 11.6 Å². The Kier molecular flexibility index (Phi) is 7.05. The van der Waals surface area contributed by atoms with E-state index in [9.17, 15) is 26.7 Å². The number of aliphatic hydroxyl groups is 1. The summed E-state index contributed by atoms with van der Waals surface area (Å²) in [5.41, 5.74) is -0.535. The molecule has 39 heavy (non-hydrogen) atoms. The fraction of sp³-hybridized carbons (Fsp3) is 0.261. The van der Waals surface area contributed by atoms with Gasteiger partial charge in [0.2, 0.25) is 27.8 Å². The van der Waals surface area contributed by atoms with Gasteiger partial charge in [-0.25, -0.2) is 36.5 Å². The normalized spacial score (nSPS) is 17.7. The number of pyridine rings is 1. The predicted molar refractivity (Wildman–Crippen MR) is 132 cm³/mol. The maximum Gasteiger partial charge on any atom is 0.243 e. The number of sulfonamides is 1. The van der Waals surface area contributed by atoms with E-state index in [1.165, 1.54) is 18.1 Å². The molecular formula is C23H21F3N8O4S. The zero-order valence-corrected chi connectivity index (χ0v) is 21.1. The predicted octanol–water partition coefficient (Wildman–Crippen LogP) is 1.93. The third kappa shape index (κ3) is 5.33. The number of ether oxygens (including phenoxy) is 1. The molecule has 16 heteroatoms. The number of para-hydroxylation sites is 1. The zero-order chi connectivity index (χ0) is 27.7. The summed E-state index contributed by atoms with van der Waals surface area (Å²) in [5.74, 6) is -3.16. The van der Waals surface area contributed by atoms with Gasteiger partial charge in [-0.05, 0) is 24.6 Å². The number of aliphatic hydroxyl groups excluding tert-OH is 1. The third-order valence-electron chi connectivity index (χ3n) is 5.94. The van der Waals surface area contributed by atoms with E-state index in [0.29, 0.717) is 0 Å². The Labute approximate surface area is 220 Å². The van der Waals surface area contributed by atoms with Gasteiger partial charge in [0, 0.05) is 19.2 Å². The number of rotatable bonds is 7. The minimum absolute atomic E-state index is 0.0138. The molecule has 0 radical (unpaired) electrons. The van der Waals surface area contributed by atoms with Gasteiger partial charge in [-0.1, -0.05) is 12.1 Å². The number of halogens is 3. The van der Waals surface area contributed by atoms with E-state index in [0.717, 1.165) is 35.2 Å². The second-order valence-electron chi connectivity index (χ2n) is 8.58. The summed E-state index contributed by atoms with van der Waals surface area (Å²) in [6, 6.07) is 7.74. The highest BCUT2D eigenvalue weighted by Gasteiger charge is 2.37. The van der Waals surface area contributed by atoms with Gasteiger partial charge in [-0.3, -0.25) is 9.29 Å². The van der Waals surface area contributed by atoms with Crippen molar-refractivity contribution in [3.8, 4) is 23.1 Å². The van der Waals surface area contributed by atoms with Crippen molar-refractivity contribution in [1.29, 1.82) is 0 Å². The molecule has 4 aromatic rings.